The van der Waals surface area contributed by atoms with Gasteiger partial charge in [0.05, 0.1) is 10.6 Å². The van der Waals surface area contributed by atoms with Crippen LogP contribution in [-0.2, 0) is 0 Å². The third-order valence-electron chi connectivity index (χ3n) is 3.62. The molecular weight excluding hydrogens is 266 g/mol. The van der Waals surface area contributed by atoms with Gasteiger partial charge >= 0.3 is 0 Å². The number of nitrogens with one attached hydrogen (secondary N) is 1. The molecule has 2 heterocycles. The predicted molar refractivity (Wildman–Crippen MR) is 85.6 cm³/mol. The molecule has 1 fully saturated rings. The topological polar surface area (TPSA) is 37.8 Å². The number of nitrogens with zero attached hydrogens (tertiary/aromatic N) is 2. The Balaban J connectivity index is 2.04. The first-order valence-corrected chi connectivity index (χ1v) is 8.20. The quantitative estimate of drug-likeness (QED) is 0.878. The van der Waals surface area contributed by atoms with Gasteiger partial charge < -0.3 is 5.32 Å². The smallest absolute Gasteiger partial charge is 0.134 e. The molecule has 1 aliphatic carbocycles. The van der Waals surface area contributed by atoms with Crippen molar-refractivity contribution in [3.63, 3.8) is 0 Å². The number of thiophene rings is 1. The van der Waals surface area contributed by atoms with E-state index in [-0.39, 0.29) is 0 Å². The van der Waals surface area contributed by atoms with Crippen LogP contribution >= 0.6 is 11.3 Å². The third-order valence-corrected chi connectivity index (χ3v) is 4.63. The van der Waals surface area contributed by atoms with Crippen LogP contribution in [0.3, 0.4) is 0 Å². The predicted octanol–water partition coefficient (Wildman–Crippen LogP) is 4.52. The van der Waals surface area contributed by atoms with E-state index in [0.717, 1.165) is 30.3 Å². The number of hydrogen-bond acceptors (Lipinski definition) is 4. The zero-order valence-electron chi connectivity index (χ0n) is 12.4. The molecule has 0 amide bonds. The molecule has 2 aromatic rings. The van der Waals surface area contributed by atoms with E-state index in [0.29, 0.717) is 5.92 Å². The summed E-state index contributed by atoms with van der Waals surface area (Å²) in [4.78, 5) is 12.2. The molecule has 0 atom stereocenters. The van der Waals surface area contributed by atoms with Crippen molar-refractivity contribution in [2.45, 2.75) is 46.0 Å². The first kappa shape index (κ1) is 13.6. The lowest BCUT2D eigenvalue weighted by Gasteiger charge is -2.12. The maximum absolute atomic E-state index is 4.85. The molecule has 0 radical (unpaired) electrons. The molecule has 0 aliphatic heterocycles. The summed E-state index contributed by atoms with van der Waals surface area (Å²) in [5, 5.41) is 3.46. The summed E-state index contributed by atoms with van der Waals surface area (Å²) < 4.78 is 0. The summed E-state index contributed by atoms with van der Waals surface area (Å²) in [6, 6.07) is 4.34. The molecule has 0 unspecified atom stereocenters. The Morgan fingerprint density at radius 3 is 2.65 bits per heavy atom. The van der Waals surface area contributed by atoms with Crippen LogP contribution in [0.15, 0.2) is 12.1 Å². The summed E-state index contributed by atoms with van der Waals surface area (Å²) in [6.07, 6.45) is 3.58. The van der Waals surface area contributed by atoms with Crippen LogP contribution in [0.25, 0.3) is 10.6 Å². The molecule has 2 aromatic heterocycles. The average Bonchev–Trinajstić information content (AvgIpc) is 3.20. The van der Waals surface area contributed by atoms with Crippen LogP contribution in [0.4, 0.5) is 5.82 Å². The SMILES string of the molecule is CCCNc1nc(C2CC2)nc(-c2ccc(C)s2)c1C. The van der Waals surface area contributed by atoms with Crippen molar-refractivity contribution in [2.75, 3.05) is 11.9 Å². The van der Waals surface area contributed by atoms with Gasteiger partial charge in [-0.2, -0.15) is 0 Å². The monoisotopic (exact) mass is 287 g/mol. The fourth-order valence-electron chi connectivity index (χ4n) is 2.28. The summed E-state index contributed by atoms with van der Waals surface area (Å²) in [5.74, 6) is 2.62. The highest BCUT2D eigenvalue weighted by Crippen LogP contribution is 2.40. The minimum absolute atomic E-state index is 0.581. The van der Waals surface area contributed by atoms with E-state index in [2.05, 4.69) is 38.2 Å². The molecule has 0 saturated heterocycles. The Bertz CT molecular complexity index is 614. The molecule has 1 N–H and O–H groups in total. The lowest BCUT2D eigenvalue weighted by molar-refractivity contribution is 0.903. The Hall–Kier alpha value is -1.42. The van der Waals surface area contributed by atoms with Crippen LogP contribution in [0.5, 0.6) is 0 Å². The van der Waals surface area contributed by atoms with Crippen molar-refractivity contribution in [1.29, 1.82) is 0 Å². The van der Waals surface area contributed by atoms with Crippen molar-refractivity contribution in [3.8, 4) is 10.6 Å². The second-order valence-electron chi connectivity index (χ2n) is 5.52. The number of aryl methyl sites for hydroxylation is 1. The second-order valence-corrected chi connectivity index (χ2v) is 6.80. The first-order valence-electron chi connectivity index (χ1n) is 7.38. The number of rotatable bonds is 5. The van der Waals surface area contributed by atoms with E-state index in [1.165, 1.54) is 28.2 Å². The summed E-state index contributed by atoms with van der Waals surface area (Å²) in [6.45, 7) is 7.40. The summed E-state index contributed by atoms with van der Waals surface area (Å²) in [7, 11) is 0. The largest absolute Gasteiger partial charge is 0.370 e. The van der Waals surface area contributed by atoms with E-state index in [9.17, 15) is 0 Å². The van der Waals surface area contributed by atoms with Crippen molar-refractivity contribution in [3.05, 3.63) is 28.4 Å². The van der Waals surface area contributed by atoms with Crippen molar-refractivity contribution >= 4 is 17.2 Å². The van der Waals surface area contributed by atoms with Gasteiger partial charge in [-0.25, -0.2) is 9.97 Å². The first-order chi connectivity index (χ1) is 9.69. The van der Waals surface area contributed by atoms with Crippen LogP contribution in [0.2, 0.25) is 0 Å². The zero-order chi connectivity index (χ0) is 14.1. The molecule has 20 heavy (non-hydrogen) atoms. The van der Waals surface area contributed by atoms with E-state index in [4.69, 9.17) is 9.97 Å². The Morgan fingerprint density at radius 2 is 2.05 bits per heavy atom. The van der Waals surface area contributed by atoms with E-state index in [1.54, 1.807) is 0 Å². The molecule has 1 saturated carbocycles. The fraction of sp³-hybridized carbons (Fsp3) is 0.500. The molecule has 0 bridgehead atoms. The minimum Gasteiger partial charge on any atom is -0.370 e. The average molecular weight is 287 g/mol. The number of aromatic nitrogens is 2. The van der Waals surface area contributed by atoms with Crippen molar-refractivity contribution in [1.82, 2.24) is 9.97 Å². The van der Waals surface area contributed by atoms with Gasteiger partial charge in [-0.1, -0.05) is 6.92 Å². The third kappa shape index (κ3) is 2.70. The normalized spacial score (nSPS) is 14.6. The highest BCUT2D eigenvalue weighted by Gasteiger charge is 2.28. The van der Waals surface area contributed by atoms with E-state index < -0.39 is 0 Å². The van der Waals surface area contributed by atoms with Gasteiger partial charge in [-0.05, 0) is 45.2 Å². The molecule has 0 spiro atoms. The number of anilines is 1. The Morgan fingerprint density at radius 1 is 1.25 bits per heavy atom. The van der Waals surface area contributed by atoms with E-state index >= 15 is 0 Å². The molecule has 1 aliphatic rings. The Labute approximate surface area is 124 Å². The lowest BCUT2D eigenvalue weighted by Crippen LogP contribution is -2.08. The summed E-state index contributed by atoms with van der Waals surface area (Å²) in [5.41, 5.74) is 2.28. The highest BCUT2D eigenvalue weighted by molar-refractivity contribution is 7.15. The zero-order valence-corrected chi connectivity index (χ0v) is 13.2. The Kier molecular flexibility index (Phi) is 3.74. The van der Waals surface area contributed by atoms with Gasteiger partial charge in [-0.3, -0.25) is 0 Å². The maximum Gasteiger partial charge on any atom is 0.134 e. The van der Waals surface area contributed by atoms with Gasteiger partial charge in [0.1, 0.15) is 11.6 Å². The van der Waals surface area contributed by atoms with Gasteiger partial charge in [0.25, 0.3) is 0 Å². The van der Waals surface area contributed by atoms with Gasteiger partial charge in [0, 0.05) is 22.9 Å². The minimum atomic E-state index is 0.581. The lowest BCUT2D eigenvalue weighted by atomic mass is 10.2. The van der Waals surface area contributed by atoms with Crippen LogP contribution in [-0.4, -0.2) is 16.5 Å². The molecule has 3 nitrogen and oxygen atoms in total. The van der Waals surface area contributed by atoms with Gasteiger partial charge in [0.2, 0.25) is 0 Å². The fourth-order valence-corrected chi connectivity index (χ4v) is 3.19. The van der Waals surface area contributed by atoms with Crippen LogP contribution < -0.4 is 5.32 Å². The van der Waals surface area contributed by atoms with Gasteiger partial charge in [-0.15, -0.1) is 11.3 Å². The molecular formula is C16H21N3S. The molecule has 106 valence electrons. The molecule has 3 rings (SSSR count). The molecule has 0 aromatic carbocycles. The van der Waals surface area contributed by atoms with Gasteiger partial charge in [0.15, 0.2) is 0 Å². The molecule has 4 heteroatoms. The number of hydrogen-bond donors (Lipinski definition) is 1. The summed E-state index contributed by atoms with van der Waals surface area (Å²) >= 11 is 1.81. The van der Waals surface area contributed by atoms with Crippen molar-refractivity contribution < 1.29 is 0 Å². The van der Waals surface area contributed by atoms with Crippen LogP contribution in [0, 0.1) is 13.8 Å². The van der Waals surface area contributed by atoms with Crippen LogP contribution in [0.1, 0.15) is 48.4 Å². The second kappa shape index (κ2) is 5.52. The van der Waals surface area contributed by atoms with Crippen molar-refractivity contribution in [2.24, 2.45) is 0 Å². The maximum atomic E-state index is 4.85. The van der Waals surface area contributed by atoms with E-state index in [1.807, 2.05) is 11.3 Å². The highest BCUT2D eigenvalue weighted by atomic mass is 32.1. The standard InChI is InChI=1S/C16H21N3S/c1-4-9-17-15-11(3)14(13-8-5-10(2)20-13)18-16(19-15)12-6-7-12/h5,8,12H,4,6-7,9H2,1-3H3,(H,17,18,19).